The third-order valence-electron chi connectivity index (χ3n) is 2.98. The van der Waals surface area contributed by atoms with E-state index in [1.165, 1.54) is 0 Å². The van der Waals surface area contributed by atoms with E-state index in [0.29, 0.717) is 0 Å². The minimum atomic E-state index is 0.0277. The highest BCUT2D eigenvalue weighted by molar-refractivity contribution is 5.97. The van der Waals surface area contributed by atoms with Crippen molar-refractivity contribution >= 4 is 5.78 Å². The van der Waals surface area contributed by atoms with Crippen LogP contribution >= 0.6 is 0 Å². The molecule has 0 heterocycles. The van der Waals surface area contributed by atoms with Gasteiger partial charge in [-0.3, -0.25) is 4.79 Å². The molecule has 18 heavy (non-hydrogen) atoms. The zero-order valence-corrected chi connectivity index (χ0v) is 11.6. The number of carbonyl (C=O) groups excluding carboxylic acids is 1. The fourth-order valence-electron chi connectivity index (χ4n) is 2.01. The molecule has 1 atom stereocenters. The predicted octanol–water partition coefficient (Wildman–Crippen LogP) is 2.47. The van der Waals surface area contributed by atoms with E-state index in [9.17, 15) is 4.79 Å². The third kappa shape index (κ3) is 4.98. The summed E-state index contributed by atoms with van der Waals surface area (Å²) in [4.78, 5) is 14.3. The summed E-state index contributed by atoms with van der Waals surface area (Å²) in [5.74, 6) is 0.245. The number of hydrogen-bond acceptors (Lipinski definition) is 3. The van der Waals surface area contributed by atoms with Gasteiger partial charge in [0.05, 0.1) is 0 Å². The predicted molar refractivity (Wildman–Crippen MR) is 73.9 cm³/mol. The van der Waals surface area contributed by atoms with E-state index in [0.717, 1.165) is 31.7 Å². The van der Waals surface area contributed by atoms with E-state index in [-0.39, 0.29) is 11.7 Å². The van der Waals surface area contributed by atoms with E-state index in [2.05, 4.69) is 4.90 Å². The zero-order chi connectivity index (χ0) is 13.4. The Balaban J connectivity index is 2.40. The lowest BCUT2D eigenvalue weighted by atomic mass is 9.99. The lowest BCUT2D eigenvalue weighted by Gasteiger charge is -2.20. The maximum Gasteiger partial charge on any atom is 0.166 e. The van der Waals surface area contributed by atoms with E-state index in [1.807, 2.05) is 44.3 Å². The Hall–Kier alpha value is -1.19. The molecule has 0 aromatic heterocycles. The van der Waals surface area contributed by atoms with Crippen molar-refractivity contribution in [2.75, 3.05) is 33.9 Å². The highest BCUT2D eigenvalue weighted by atomic mass is 16.5. The molecule has 1 rings (SSSR count). The van der Waals surface area contributed by atoms with Gasteiger partial charge in [-0.2, -0.15) is 0 Å². The molecular formula is C15H23NO2. The number of nitrogens with zero attached hydrogens (tertiary/aromatic N) is 1. The Bertz CT molecular complexity index is 351. The number of benzene rings is 1. The van der Waals surface area contributed by atoms with Crippen LogP contribution in [0.4, 0.5) is 0 Å². The molecule has 3 nitrogen and oxygen atoms in total. The average molecular weight is 249 g/mol. The summed E-state index contributed by atoms with van der Waals surface area (Å²) < 4.78 is 5.02. The Labute approximate surface area is 110 Å². The molecule has 0 bridgehead atoms. The summed E-state index contributed by atoms with van der Waals surface area (Å²) in [7, 11) is 3.76. The van der Waals surface area contributed by atoms with Crippen LogP contribution < -0.4 is 0 Å². The van der Waals surface area contributed by atoms with Gasteiger partial charge in [-0.1, -0.05) is 37.3 Å². The van der Waals surface area contributed by atoms with Crippen LogP contribution in [0.2, 0.25) is 0 Å². The van der Waals surface area contributed by atoms with Crippen LogP contribution in [-0.2, 0) is 4.74 Å². The normalized spacial score (nSPS) is 12.7. The Morgan fingerprint density at radius 2 is 2.00 bits per heavy atom. The number of carbonyl (C=O) groups is 1. The van der Waals surface area contributed by atoms with Gasteiger partial charge in [-0.15, -0.1) is 0 Å². The van der Waals surface area contributed by atoms with Gasteiger partial charge in [0.25, 0.3) is 0 Å². The molecule has 1 aromatic rings. The molecule has 1 unspecified atom stereocenters. The first-order valence-electron chi connectivity index (χ1n) is 6.42. The molecule has 0 N–H and O–H groups in total. The van der Waals surface area contributed by atoms with Gasteiger partial charge in [0.1, 0.15) is 0 Å². The lowest BCUT2D eigenvalue weighted by molar-refractivity contribution is 0.0899. The van der Waals surface area contributed by atoms with E-state index < -0.39 is 0 Å². The monoisotopic (exact) mass is 249 g/mol. The molecule has 0 saturated carbocycles. The van der Waals surface area contributed by atoms with Crippen molar-refractivity contribution < 1.29 is 9.53 Å². The maximum atomic E-state index is 12.2. The van der Waals surface area contributed by atoms with Crippen LogP contribution in [0.5, 0.6) is 0 Å². The SMILES string of the molecule is COCCCN(C)CC(C)C(=O)c1ccccc1. The quantitative estimate of drug-likeness (QED) is 0.523. The largest absolute Gasteiger partial charge is 0.385 e. The first-order chi connectivity index (χ1) is 8.65. The van der Waals surface area contributed by atoms with Crippen LogP contribution in [0.1, 0.15) is 23.7 Å². The van der Waals surface area contributed by atoms with Crippen LogP contribution in [0.25, 0.3) is 0 Å². The Morgan fingerprint density at radius 1 is 1.33 bits per heavy atom. The first-order valence-corrected chi connectivity index (χ1v) is 6.42. The first kappa shape index (κ1) is 14.9. The smallest absolute Gasteiger partial charge is 0.166 e. The van der Waals surface area contributed by atoms with Gasteiger partial charge in [0.15, 0.2) is 5.78 Å². The summed E-state index contributed by atoms with van der Waals surface area (Å²) in [5, 5.41) is 0. The minimum Gasteiger partial charge on any atom is -0.385 e. The number of ether oxygens (including phenoxy) is 1. The van der Waals surface area contributed by atoms with Gasteiger partial charge in [0.2, 0.25) is 0 Å². The molecule has 0 fully saturated rings. The summed E-state index contributed by atoms with van der Waals surface area (Å²) in [6.07, 6.45) is 0.999. The summed E-state index contributed by atoms with van der Waals surface area (Å²) in [6.45, 7) is 4.51. The zero-order valence-electron chi connectivity index (χ0n) is 11.6. The van der Waals surface area contributed by atoms with Crippen molar-refractivity contribution in [1.82, 2.24) is 4.90 Å². The highest BCUT2D eigenvalue weighted by Gasteiger charge is 2.16. The standard InChI is InChI=1S/C15H23NO2/c1-13(12-16(2)10-7-11-18-3)15(17)14-8-5-4-6-9-14/h4-6,8-9,13H,7,10-12H2,1-3H3. The van der Waals surface area contributed by atoms with Gasteiger partial charge < -0.3 is 9.64 Å². The Kier molecular flexibility index (Phi) is 6.61. The fourth-order valence-corrected chi connectivity index (χ4v) is 2.01. The second kappa shape index (κ2) is 8.01. The number of methoxy groups -OCH3 is 1. The molecule has 0 saturated heterocycles. The van der Waals surface area contributed by atoms with Crippen molar-refractivity contribution in [2.24, 2.45) is 5.92 Å². The van der Waals surface area contributed by atoms with Crippen molar-refractivity contribution in [3.05, 3.63) is 35.9 Å². The van der Waals surface area contributed by atoms with E-state index in [1.54, 1.807) is 7.11 Å². The molecule has 0 aliphatic rings. The molecule has 0 aliphatic carbocycles. The van der Waals surface area contributed by atoms with E-state index >= 15 is 0 Å². The third-order valence-corrected chi connectivity index (χ3v) is 2.98. The number of rotatable bonds is 8. The van der Waals surface area contributed by atoms with Gasteiger partial charge in [-0.05, 0) is 13.5 Å². The molecular weight excluding hydrogens is 226 g/mol. The van der Waals surface area contributed by atoms with Crippen molar-refractivity contribution in [2.45, 2.75) is 13.3 Å². The van der Waals surface area contributed by atoms with Crippen molar-refractivity contribution in [1.29, 1.82) is 0 Å². The number of hydrogen-bond donors (Lipinski definition) is 0. The molecule has 0 spiro atoms. The highest BCUT2D eigenvalue weighted by Crippen LogP contribution is 2.09. The van der Waals surface area contributed by atoms with Gasteiger partial charge >= 0.3 is 0 Å². The summed E-state index contributed by atoms with van der Waals surface area (Å²) in [6, 6.07) is 9.50. The van der Waals surface area contributed by atoms with Crippen molar-refractivity contribution in [3.63, 3.8) is 0 Å². The van der Waals surface area contributed by atoms with Gasteiger partial charge in [0, 0.05) is 38.3 Å². The lowest BCUT2D eigenvalue weighted by Crippen LogP contribution is -2.30. The minimum absolute atomic E-state index is 0.0277. The van der Waals surface area contributed by atoms with Gasteiger partial charge in [-0.25, -0.2) is 0 Å². The molecule has 0 amide bonds. The number of ketones is 1. The number of Topliss-reactive ketones (excluding diaryl/α,β-unsaturated/α-hetero) is 1. The van der Waals surface area contributed by atoms with Crippen LogP contribution in [0, 0.1) is 5.92 Å². The van der Waals surface area contributed by atoms with E-state index in [4.69, 9.17) is 4.74 Å². The fraction of sp³-hybridized carbons (Fsp3) is 0.533. The molecule has 0 aliphatic heterocycles. The summed E-state index contributed by atoms with van der Waals surface area (Å²) >= 11 is 0. The summed E-state index contributed by atoms with van der Waals surface area (Å²) in [5.41, 5.74) is 0.801. The molecule has 3 heteroatoms. The second-order valence-corrected chi connectivity index (χ2v) is 4.74. The molecule has 1 aromatic carbocycles. The van der Waals surface area contributed by atoms with Crippen molar-refractivity contribution in [3.8, 4) is 0 Å². The van der Waals surface area contributed by atoms with Crippen LogP contribution in [-0.4, -0.2) is 44.5 Å². The molecule has 100 valence electrons. The second-order valence-electron chi connectivity index (χ2n) is 4.74. The Morgan fingerprint density at radius 3 is 2.61 bits per heavy atom. The van der Waals surface area contributed by atoms with Crippen LogP contribution in [0.3, 0.4) is 0 Å². The maximum absolute atomic E-state index is 12.2. The van der Waals surface area contributed by atoms with Crippen LogP contribution in [0.15, 0.2) is 30.3 Å². The average Bonchev–Trinajstić information content (AvgIpc) is 2.39. The molecule has 0 radical (unpaired) electrons. The topological polar surface area (TPSA) is 29.5 Å².